The van der Waals surface area contributed by atoms with Crippen molar-refractivity contribution >= 4 is 23.1 Å². The average molecular weight is 236 g/mol. The smallest absolute Gasteiger partial charge is 0.399 e. The first-order valence-corrected chi connectivity index (χ1v) is 5.26. The summed E-state index contributed by atoms with van der Waals surface area (Å²) in [5, 5.41) is 2.86. The predicted octanol–water partition coefficient (Wildman–Crippen LogP) is 2.93. The highest BCUT2D eigenvalue weighted by Crippen LogP contribution is 2.29. The second-order valence-corrected chi connectivity index (χ2v) is 4.01. The summed E-state index contributed by atoms with van der Waals surface area (Å²) in [4.78, 5) is 0. The van der Waals surface area contributed by atoms with Crippen LogP contribution in [-0.4, -0.2) is 17.8 Å². The van der Waals surface area contributed by atoms with Gasteiger partial charge in [-0.1, -0.05) is 6.07 Å². The molecule has 6 heteroatoms. The number of nitrogens with two attached hydrogens (primary N) is 1. The maximum absolute atomic E-state index is 11.8. The van der Waals surface area contributed by atoms with E-state index in [9.17, 15) is 13.2 Å². The van der Waals surface area contributed by atoms with Crippen LogP contribution >= 0.6 is 11.8 Å². The van der Waals surface area contributed by atoms with Crippen LogP contribution in [0.15, 0.2) is 24.3 Å². The third-order valence-corrected chi connectivity index (χ3v) is 2.32. The van der Waals surface area contributed by atoms with E-state index in [4.69, 9.17) is 5.73 Å². The first-order valence-electron chi connectivity index (χ1n) is 4.27. The van der Waals surface area contributed by atoms with E-state index in [-0.39, 0.29) is 24.1 Å². The van der Waals surface area contributed by atoms with Crippen molar-refractivity contribution in [3.63, 3.8) is 0 Å². The molecular formula is C9H11F3N2S. The van der Waals surface area contributed by atoms with Crippen LogP contribution in [0.1, 0.15) is 0 Å². The van der Waals surface area contributed by atoms with Crippen molar-refractivity contribution in [1.29, 1.82) is 0 Å². The van der Waals surface area contributed by atoms with Gasteiger partial charge in [0.1, 0.15) is 0 Å². The molecule has 0 amide bonds. The minimum Gasteiger partial charge on any atom is -0.399 e. The monoisotopic (exact) mass is 236 g/mol. The maximum Gasteiger partial charge on any atom is 0.441 e. The Morgan fingerprint density at radius 2 is 2.07 bits per heavy atom. The fourth-order valence-electron chi connectivity index (χ4n) is 1.01. The van der Waals surface area contributed by atoms with Crippen LogP contribution in [0.3, 0.4) is 0 Å². The molecule has 0 bridgehead atoms. The molecule has 1 aromatic carbocycles. The van der Waals surface area contributed by atoms with Gasteiger partial charge in [0.15, 0.2) is 0 Å². The van der Waals surface area contributed by atoms with E-state index in [1.54, 1.807) is 24.3 Å². The van der Waals surface area contributed by atoms with Gasteiger partial charge in [-0.2, -0.15) is 13.2 Å². The predicted molar refractivity (Wildman–Crippen MR) is 57.9 cm³/mol. The Morgan fingerprint density at radius 1 is 1.33 bits per heavy atom. The summed E-state index contributed by atoms with van der Waals surface area (Å²) in [5.41, 5.74) is 2.67. The largest absolute Gasteiger partial charge is 0.441 e. The zero-order valence-corrected chi connectivity index (χ0v) is 8.66. The molecule has 0 unspecified atom stereocenters. The molecule has 0 saturated heterocycles. The van der Waals surface area contributed by atoms with Gasteiger partial charge in [0.25, 0.3) is 0 Å². The van der Waals surface area contributed by atoms with Crippen LogP contribution in [0, 0.1) is 0 Å². The third kappa shape index (κ3) is 5.41. The highest BCUT2D eigenvalue weighted by atomic mass is 32.2. The molecule has 2 nitrogen and oxygen atoms in total. The molecule has 0 heterocycles. The first kappa shape index (κ1) is 12.0. The summed E-state index contributed by atoms with van der Waals surface area (Å²) < 4.78 is 35.3. The Bertz CT molecular complexity index is 314. The molecule has 0 radical (unpaired) electrons. The van der Waals surface area contributed by atoms with Gasteiger partial charge in [-0.15, -0.1) is 0 Å². The number of anilines is 2. The van der Waals surface area contributed by atoms with Crippen molar-refractivity contribution in [2.24, 2.45) is 0 Å². The van der Waals surface area contributed by atoms with E-state index in [0.29, 0.717) is 5.69 Å². The molecule has 3 N–H and O–H groups in total. The number of nitrogens with one attached hydrogen (secondary N) is 1. The second-order valence-electron chi connectivity index (χ2n) is 2.85. The lowest BCUT2D eigenvalue weighted by molar-refractivity contribution is -0.0327. The van der Waals surface area contributed by atoms with Crippen molar-refractivity contribution < 1.29 is 13.2 Å². The van der Waals surface area contributed by atoms with Gasteiger partial charge in [-0.25, -0.2) is 0 Å². The zero-order valence-electron chi connectivity index (χ0n) is 7.84. The van der Waals surface area contributed by atoms with Crippen molar-refractivity contribution in [2.75, 3.05) is 23.3 Å². The Hall–Kier alpha value is -1.04. The van der Waals surface area contributed by atoms with Gasteiger partial charge in [0.05, 0.1) is 0 Å². The van der Waals surface area contributed by atoms with E-state index in [2.05, 4.69) is 5.32 Å². The second kappa shape index (κ2) is 5.16. The van der Waals surface area contributed by atoms with Crippen LogP contribution in [0.5, 0.6) is 0 Å². The fraction of sp³-hybridized carbons (Fsp3) is 0.333. The van der Waals surface area contributed by atoms with Gasteiger partial charge in [-0.05, 0) is 30.0 Å². The van der Waals surface area contributed by atoms with Gasteiger partial charge < -0.3 is 11.1 Å². The fourth-order valence-corrected chi connectivity index (χ4v) is 1.45. The van der Waals surface area contributed by atoms with E-state index >= 15 is 0 Å². The summed E-state index contributed by atoms with van der Waals surface area (Å²) in [6.45, 7) is 0.258. The number of thioether (sulfide) groups is 1. The van der Waals surface area contributed by atoms with Crippen LogP contribution in [0.2, 0.25) is 0 Å². The number of rotatable bonds is 4. The normalized spacial score (nSPS) is 11.4. The summed E-state index contributed by atoms with van der Waals surface area (Å²) in [7, 11) is 0. The van der Waals surface area contributed by atoms with Crippen molar-refractivity contribution in [1.82, 2.24) is 0 Å². The number of hydrogen-bond acceptors (Lipinski definition) is 3. The molecule has 84 valence electrons. The molecule has 0 saturated carbocycles. The van der Waals surface area contributed by atoms with Crippen molar-refractivity contribution in [2.45, 2.75) is 5.51 Å². The molecule has 0 atom stereocenters. The standard InChI is InChI=1S/C9H11F3N2S/c10-9(11,12)15-5-4-14-8-3-1-2-7(13)6-8/h1-3,6,14H,4-5,13H2. The Labute approximate surface area is 90.0 Å². The number of hydrogen-bond donors (Lipinski definition) is 2. The minimum atomic E-state index is -4.16. The first-order chi connectivity index (χ1) is 6.97. The van der Waals surface area contributed by atoms with E-state index in [1.165, 1.54) is 0 Å². The summed E-state index contributed by atoms with van der Waals surface area (Å²) in [6.07, 6.45) is 0. The molecule has 0 aliphatic rings. The Kier molecular flexibility index (Phi) is 4.14. The molecule has 0 aliphatic carbocycles. The molecular weight excluding hydrogens is 225 g/mol. The molecule has 1 rings (SSSR count). The van der Waals surface area contributed by atoms with Crippen molar-refractivity contribution in [3.05, 3.63) is 24.3 Å². The SMILES string of the molecule is Nc1cccc(NCCSC(F)(F)F)c1. The zero-order chi connectivity index (χ0) is 11.3. The molecule has 0 spiro atoms. The van der Waals surface area contributed by atoms with Crippen LogP contribution < -0.4 is 11.1 Å². The van der Waals surface area contributed by atoms with Gasteiger partial charge in [-0.3, -0.25) is 0 Å². The summed E-state index contributed by atoms with van der Waals surface area (Å²) >= 11 is -0.0367. The molecule has 0 fully saturated rings. The van der Waals surface area contributed by atoms with Gasteiger partial charge in [0.2, 0.25) is 0 Å². The third-order valence-electron chi connectivity index (χ3n) is 1.58. The Balaban J connectivity index is 2.26. The van der Waals surface area contributed by atoms with Gasteiger partial charge >= 0.3 is 5.51 Å². The Morgan fingerprint density at radius 3 is 2.67 bits per heavy atom. The molecule has 1 aromatic rings. The van der Waals surface area contributed by atoms with Crippen LogP contribution in [0.25, 0.3) is 0 Å². The summed E-state index contributed by atoms with van der Waals surface area (Å²) in [5.74, 6) is -0.0156. The average Bonchev–Trinajstić information content (AvgIpc) is 2.11. The quantitative estimate of drug-likeness (QED) is 0.623. The highest BCUT2D eigenvalue weighted by Gasteiger charge is 2.27. The lowest BCUT2D eigenvalue weighted by atomic mass is 10.3. The molecule has 15 heavy (non-hydrogen) atoms. The van der Waals surface area contributed by atoms with Crippen LogP contribution in [0.4, 0.5) is 24.5 Å². The summed E-state index contributed by atoms with van der Waals surface area (Å²) in [6, 6.07) is 6.90. The number of benzene rings is 1. The highest BCUT2D eigenvalue weighted by molar-refractivity contribution is 8.00. The number of halogens is 3. The maximum atomic E-state index is 11.8. The lowest BCUT2D eigenvalue weighted by Crippen LogP contribution is -2.09. The molecule has 0 aliphatic heterocycles. The number of nitrogen functional groups attached to an aromatic ring is 1. The van der Waals surface area contributed by atoms with E-state index < -0.39 is 5.51 Å². The molecule has 0 aromatic heterocycles. The number of alkyl halides is 3. The van der Waals surface area contributed by atoms with Crippen LogP contribution in [-0.2, 0) is 0 Å². The van der Waals surface area contributed by atoms with E-state index in [1.807, 2.05) is 0 Å². The minimum absolute atomic E-state index is 0.0156. The topological polar surface area (TPSA) is 38.0 Å². The van der Waals surface area contributed by atoms with E-state index in [0.717, 1.165) is 5.69 Å². The van der Waals surface area contributed by atoms with Gasteiger partial charge in [0, 0.05) is 23.7 Å². The lowest BCUT2D eigenvalue weighted by Gasteiger charge is -2.08. The van der Waals surface area contributed by atoms with Crippen molar-refractivity contribution in [3.8, 4) is 0 Å².